The van der Waals surface area contributed by atoms with Crippen LogP contribution in [0.25, 0.3) is 0 Å². The van der Waals surface area contributed by atoms with Gasteiger partial charge in [0.05, 0.1) is 5.92 Å². The minimum absolute atomic E-state index is 0.294. The smallest absolute Gasteiger partial charge is 0.307 e. The highest BCUT2D eigenvalue weighted by Gasteiger charge is 2.26. The first-order chi connectivity index (χ1) is 10.1. The molecule has 4 nitrogen and oxygen atoms in total. The van der Waals surface area contributed by atoms with Gasteiger partial charge in [0.1, 0.15) is 0 Å². The highest BCUT2D eigenvalue weighted by molar-refractivity contribution is 5.69. The molecule has 0 radical (unpaired) electrons. The van der Waals surface area contributed by atoms with E-state index in [-0.39, 0.29) is 5.92 Å². The number of carbonyl (C=O) groups is 1. The van der Waals surface area contributed by atoms with Crippen molar-refractivity contribution in [1.82, 2.24) is 4.90 Å². The molecule has 116 valence electrons. The van der Waals surface area contributed by atoms with Crippen LogP contribution in [-0.4, -0.2) is 48.2 Å². The fourth-order valence-corrected chi connectivity index (χ4v) is 3.09. The van der Waals surface area contributed by atoms with E-state index in [0.717, 1.165) is 32.5 Å². The Hall–Kier alpha value is -1.55. The van der Waals surface area contributed by atoms with Gasteiger partial charge in [-0.25, -0.2) is 0 Å². The van der Waals surface area contributed by atoms with Crippen LogP contribution >= 0.6 is 0 Å². The van der Waals surface area contributed by atoms with E-state index in [0.29, 0.717) is 12.6 Å². The molecule has 1 unspecified atom stereocenters. The number of rotatable bonds is 6. The van der Waals surface area contributed by atoms with Crippen LogP contribution in [0.3, 0.4) is 0 Å². The molecule has 1 aromatic rings. The van der Waals surface area contributed by atoms with E-state index in [1.54, 1.807) is 6.92 Å². The maximum atomic E-state index is 11.0. The number of carboxylic acid groups (broad SMARTS) is 1. The van der Waals surface area contributed by atoms with Crippen molar-refractivity contribution in [3.05, 3.63) is 30.3 Å². The van der Waals surface area contributed by atoms with Gasteiger partial charge >= 0.3 is 5.97 Å². The molecule has 0 aromatic heterocycles. The van der Waals surface area contributed by atoms with Gasteiger partial charge in [0.2, 0.25) is 0 Å². The number of hydrogen-bond acceptors (Lipinski definition) is 3. The van der Waals surface area contributed by atoms with Crippen molar-refractivity contribution >= 4 is 11.7 Å². The first kappa shape index (κ1) is 15.8. The van der Waals surface area contributed by atoms with Crippen molar-refractivity contribution < 1.29 is 9.90 Å². The zero-order valence-corrected chi connectivity index (χ0v) is 13.0. The summed E-state index contributed by atoms with van der Waals surface area (Å²) in [6.45, 7) is 7.59. The van der Waals surface area contributed by atoms with Gasteiger partial charge < -0.3 is 10.0 Å². The third-order valence-electron chi connectivity index (χ3n) is 4.44. The normalized spacial score (nSPS) is 18.0. The molecule has 1 saturated heterocycles. The monoisotopic (exact) mass is 290 g/mol. The Morgan fingerprint density at radius 2 is 1.95 bits per heavy atom. The molecule has 2 rings (SSSR count). The summed E-state index contributed by atoms with van der Waals surface area (Å²) < 4.78 is 0. The van der Waals surface area contributed by atoms with Gasteiger partial charge in [-0.2, -0.15) is 0 Å². The van der Waals surface area contributed by atoms with Crippen LogP contribution in [0, 0.1) is 5.92 Å². The Balaban J connectivity index is 1.88. The zero-order chi connectivity index (χ0) is 15.2. The molecule has 1 atom stereocenters. The van der Waals surface area contributed by atoms with Gasteiger partial charge in [-0.1, -0.05) is 32.0 Å². The van der Waals surface area contributed by atoms with Crippen molar-refractivity contribution in [3.8, 4) is 0 Å². The van der Waals surface area contributed by atoms with Crippen LogP contribution in [0.2, 0.25) is 0 Å². The van der Waals surface area contributed by atoms with E-state index in [4.69, 9.17) is 5.11 Å². The summed E-state index contributed by atoms with van der Waals surface area (Å²) >= 11 is 0. The molecule has 1 N–H and O–H groups in total. The number of benzene rings is 1. The molecule has 1 aromatic carbocycles. The maximum absolute atomic E-state index is 11.0. The Morgan fingerprint density at radius 1 is 1.33 bits per heavy atom. The SMILES string of the molecule is CCN(CC(C)C(=O)O)C1CCN(c2ccccc2)CC1. The Labute approximate surface area is 127 Å². The average molecular weight is 290 g/mol. The molecule has 4 heteroatoms. The Morgan fingerprint density at radius 3 is 2.48 bits per heavy atom. The summed E-state index contributed by atoms with van der Waals surface area (Å²) in [4.78, 5) is 15.8. The van der Waals surface area contributed by atoms with Crippen LogP contribution in [0.5, 0.6) is 0 Å². The van der Waals surface area contributed by atoms with Crippen molar-refractivity contribution in [1.29, 1.82) is 0 Å². The zero-order valence-electron chi connectivity index (χ0n) is 13.0. The second-order valence-corrected chi connectivity index (χ2v) is 5.88. The molecule has 1 aliphatic heterocycles. The molecule has 0 spiro atoms. The molecule has 0 aliphatic carbocycles. The average Bonchev–Trinajstić information content (AvgIpc) is 2.53. The van der Waals surface area contributed by atoms with E-state index in [1.807, 2.05) is 6.07 Å². The highest BCUT2D eigenvalue weighted by atomic mass is 16.4. The van der Waals surface area contributed by atoms with Crippen LogP contribution in [0.15, 0.2) is 30.3 Å². The molecular weight excluding hydrogens is 264 g/mol. The summed E-state index contributed by atoms with van der Waals surface area (Å²) in [7, 11) is 0. The van der Waals surface area contributed by atoms with Gasteiger partial charge in [-0.05, 0) is 31.5 Å². The Kier molecular flexibility index (Phi) is 5.62. The van der Waals surface area contributed by atoms with E-state index in [2.05, 4.69) is 41.0 Å². The molecule has 0 saturated carbocycles. The second-order valence-electron chi connectivity index (χ2n) is 5.88. The number of nitrogens with zero attached hydrogens (tertiary/aromatic N) is 2. The number of aliphatic carboxylic acids is 1. The summed E-state index contributed by atoms with van der Waals surface area (Å²) in [6.07, 6.45) is 2.21. The fourth-order valence-electron chi connectivity index (χ4n) is 3.09. The van der Waals surface area contributed by atoms with Crippen molar-refractivity contribution in [2.45, 2.75) is 32.7 Å². The lowest BCUT2D eigenvalue weighted by Gasteiger charge is -2.39. The van der Waals surface area contributed by atoms with E-state index in [9.17, 15) is 4.79 Å². The molecule has 0 bridgehead atoms. The van der Waals surface area contributed by atoms with Gasteiger partial charge in [-0.3, -0.25) is 9.69 Å². The van der Waals surface area contributed by atoms with Crippen LogP contribution < -0.4 is 4.90 Å². The summed E-state index contributed by atoms with van der Waals surface area (Å²) in [5, 5.41) is 9.08. The third kappa shape index (κ3) is 4.21. The predicted molar refractivity (Wildman–Crippen MR) is 85.7 cm³/mol. The lowest BCUT2D eigenvalue weighted by atomic mass is 10.0. The first-order valence-corrected chi connectivity index (χ1v) is 7.88. The topological polar surface area (TPSA) is 43.8 Å². The van der Waals surface area contributed by atoms with Crippen molar-refractivity contribution in [2.24, 2.45) is 5.92 Å². The number of para-hydroxylation sites is 1. The van der Waals surface area contributed by atoms with Crippen molar-refractivity contribution in [2.75, 3.05) is 31.1 Å². The molecule has 21 heavy (non-hydrogen) atoms. The first-order valence-electron chi connectivity index (χ1n) is 7.88. The van der Waals surface area contributed by atoms with Crippen LogP contribution in [0.4, 0.5) is 5.69 Å². The van der Waals surface area contributed by atoms with Gasteiger partial charge in [-0.15, -0.1) is 0 Å². The van der Waals surface area contributed by atoms with Crippen molar-refractivity contribution in [3.63, 3.8) is 0 Å². The molecule has 1 aliphatic rings. The van der Waals surface area contributed by atoms with Crippen LogP contribution in [-0.2, 0) is 4.79 Å². The quantitative estimate of drug-likeness (QED) is 0.875. The fraction of sp³-hybridized carbons (Fsp3) is 0.588. The van der Waals surface area contributed by atoms with Gasteiger partial charge in [0.15, 0.2) is 0 Å². The molecule has 1 fully saturated rings. The number of anilines is 1. The highest BCUT2D eigenvalue weighted by Crippen LogP contribution is 2.22. The Bertz CT molecular complexity index is 441. The van der Waals surface area contributed by atoms with E-state index >= 15 is 0 Å². The summed E-state index contributed by atoms with van der Waals surface area (Å²) in [5.41, 5.74) is 1.29. The van der Waals surface area contributed by atoms with Gasteiger partial charge in [0, 0.05) is 31.4 Å². The minimum atomic E-state index is -0.699. The molecular formula is C17H26N2O2. The number of piperidine rings is 1. The molecule has 1 heterocycles. The number of hydrogen-bond donors (Lipinski definition) is 1. The second kappa shape index (κ2) is 7.46. The van der Waals surface area contributed by atoms with E-state index < -0.39 is 5.97 Å². The summed E-state index contributed by atoms with van der Waals surface area (Å²) in [5.74, 6) is -0.993. The minimum Gasteiger partial charge on any atom is -0.481 e. The molecule has 0 amide bonds. The van der Waals surface area contributed by atoms with Gasteiger partial charge in [0.25, 0.3) is 0 Å². The number of carboxylic acids is 1. The lowest BCUT2D eigenvalue weighted by molar-refractivity contribution is -0.141. The maximum Gasteiger partial charge on any atom is 0.307 e. The third-order valence-corrected chi connectivity index (χ3v) is 4.44. The van der Waals surface area contributed by atoms with Crippen LogP contribution in [0.1, 0.15) is 26.7 Å². The van der Waals surface area contributed by atoms with E-state index in [1.165, 1.54) is 5.69 Å². The standard InChI is InChI=1S/C17H26N2O2/c1-3-18(13-14(2)17(20)21)16-9-11-19(12-10-16)15-7-5-4-6-8-15/h4-8,14,16H,3,9-13H2,1-2H3,(H,20,21). The largest absolute Gasteiger partial charge is 0.481 e. The predicted octanol–water partition coefficient (Wildman–Crippen LogP) is 2.70. The lowest BCUT2D eigenvalue weighted by Crippen LogP contribution is -2.47. The summed E-state index contributed by atoms with van der Waals surface area (Å²) in [6, 6.07) is 11.0.